The van der Waals surface area contributed by atoms with Gasteiger partial charge >= 0.3 is 0 Å². The number of hydrogen-bond acceptors (Lipinski definition) is 3. The number of hydrogen-bond donors (Lipinski definition) is 1. The summed E-state index contributed by atoms with van der Waals surface area (Å²) in [4.78, 5) is 27.2. The molecule has 162 valence electrons. The first-order chi connectivity index (χ1) is 15.0. The first-order valence-electron chi connectivity index (χ1n) is 10.4. The maximum atomic E-state index is 13.1. The number of amides is 2. The predicted octanol–water partition coefficient (Wildman–Crippen LogP) is 4.58. The molecule has 0 spiro atoms. The summed E-state index contributed by atoms with van der Waals surface area (Å²) in [5, 5.41) is 4.78. The van der Waals surface area contributed by atoms with Crippen LogP contribution in [0.2, 0.25) is 0 Å². The van der Waals surface area contributed by atoms with Crippen LogP contribution in [0.1, 0.15) is 18.9 Å². The van der Waals surface area contributed by atoms with Crippen LogP contribution in [-0.2, 0) is 16.0 Å². The number of nitrogens with one attached hydrogen (secondary N) is 1. The van der Waals surface area contributed by atoms with E-state index < -0.39 is 6.04 Å². The van der Waals surface area contributed by atoms with Gasteiger partial charge in [-0.1, -0.05) is 67.6 Å². The molecule has 3 aromatic rings. The second kappa shape index (κ2) is 11.0. The summed E-state index contributed by atoms with van der Waals surface area (Å²) < 4.78 is 6.69. The number of fused-ring (bicyclic) bond motifs is 1. The summed E-state index contributed by atoms with van der Waals surface area (Å²) in [7, 11) is 1.59. The molecule has 0 saturated carbocycles. The predicted molar refractivity (Wildman–Crippen MR) is 127 cm³/mol. The fourth-order valence-electron chi connectivity index (χ4n) is 3.61. The van der Waals surface area contributed by atoms with Gasteiger partial charge in [0.25, 0.3) is 5.91 Å². The van der Waals surface area contributed by atoms with E-state index in [1.54, 1.807) is 11.9 Å². The molecule has 1 atom stereocenters. The molecule has 0 fully saturated rings. The van der Waals surface area contributed by atoms with E-state index in [1.807, 2.05) is 73.7 Å². The second-order valence-electron chi connectivity index (χ2n) is 7.25. The van der Waals surface area contributed by atoms with Crippen LogP contribution in [-0.4, -0.2) is 43.0 Å². The monoisotopic (exact) mass is 482 g/mol. The topological polar surface area (TPSA) is 58.6 Å². The molecular weight excluding hydrogens is 456 g/mol. The third-order valence-corrected chi connectivity index (χ3v) is 6.11. The number of nitrogens with zero attached hydrogens (tertiary/aromatic N) is 1. The van der Waals surface area contributed by atoms with Crippen LogP contribution in [0.4, 0.5) is 0 Å². The third kappa shape index (κ3) is 5.64. The standard InChI is InChI=1S/C25H27BrN2O3/c1-3-21(25(30)27-2)28(16-15-18-9-5-4-6-10-18)23(29)17-31-22-14-13-19-11-7-8-12-20(19)24(22)26/h4-14,21H,3,15-17H2,1-2H3,(H,27,30)/t21-/m0/s1. The highest BCUT2D eigenvalue weighted by Crippen LogP contribution is 2.33. The quantitative estimate of drug-likeness (QED) is 0.485. The second-order valence-corrected chi connectivity index (χ2v) is 8.04. The van der Waals surface area contributed by atoms with Crippen molar-refractivity contribution >= 4 is 38.5 Å². The fraction of sp³-hybridized carbons (Fsp3) is 0.280. The van der Waals surface area contributed by atoms with E-state index in [2.05, 4.69) is 21.2 Å². The summed E-state index contributed by atoms with van der Waals surface area (Å²) in [6, 6.07) is 21.2. The first kappa shape index (κ1) is 22.8. The maximum absolute atomic E-state index is 13.1. The van der Waals surface area contributed by atoms with Crippen LogP contribution in [0.25, 0.3) is 10.8 Å². The zero-order valence-electron chi connectivity index (χ0n) is 17.8. The Morgan fingerprint density at radius 3 is 2.45 bits per heavy atom. The van der Waals surface area contributed by atoms with E-state index in [0.29, 0.717) is 25.1 Å². The van der Waals surface area contributed by atoms with Crippen molar-refractivity contribution < 1.29 is 14.3 Å². The first-order valence-corrected chi connectivity index (χ1v) is 11.2. The minimum atomic E-state index is -0.537. The van der Waals surface area contributed by atoms with Gasteiger partial charge in [0.1, 0.15) is 11.8 Å². The summed E-state index contributed by atoms with van der Waals surface area (Å²) in [5.74, 6) is 0.213. The highest BCUT2D eigenvalue weighted by molar-refractivity contribution is 9.10. The van der Waals surface area contributed by atoms with E-state index >= 15 is 0 Å². The Bertz CT molecular complexity index is 1040. The van der Waals surface area contributed by atoms with Crippen LogP contribution >= 0.6 is 15.9 Å². The minimum absolute atomic E-state index is 0.140. The van der Waals surface area contributed by atoms with Crippen LogP contribution in [0.3, 0.4) is 0 Å². The van der Waals surface area contributed by atoms with Gasteiger partial charge in [-0.05, 0) is 51.2 Å². The molecule has 0 saturated heterocycles. The Morgan fingerprint density at radius 2 is 1.74 bits per heavy atom. The molecule has 0 unspecified atom stereocenters. The molecule has 6 heteroatoms. The zero-order valence-corrected chi connectivity index (χ0v) is 19.4. The molecule has 0 aliphatic rings. The van der Waals surface area contributed by atoms with E-state index in [9.17, 15) is 9.59 Å². The van der Waals surface area contributed by atoms with Gasteiger partial charge in [-0.25, -0.2) is 0 Å². The highest BCUT2D eigenvalue weighted by Gasteiger charge is 2.28. The van der Waals surface area contributed by atoms with Crippen molar-refractivity contribution in [2.75, 3.05) is 20.2 Å². The normalized spacial score (nSPS) is 11.7. The van der Waals surface area contributed by atoms with Gasteiger partial charge in [0.15, 0.2) is 6.61 Å². The minimum Gasteiger partial charge on any atom is -0.483 e. The molecule has 1 N–H and O–H groups in total. The molecular formula is C25H27BrN2O3. The lowest BCUT2D eigenvalue weighted by atomic mass is 10.1. The van der Waals surface area contributed by atoms with Gasteiger partial charge in [0.2, 0.25) is 5.91 Å². The average molecular weight is 483 g/mol. The van der Waals surface area contributed by atoms with Gasteiger partial charge in [-0.3, -0.25) is 9.59 Å². The third-order valence-electron chi connectivity index (χ3n) is 5.30. The number of ether oxygens (including phenoxy) is 1. The Morgan fingerprint density at radius 1 is 1.03 bits per heavy atom. The Kier molecular flexibility index (Phi) is 8.06. The molecule has 5 nitrogen and oxygen atoms in total. The molecule has 0 aliphatic carbocycles. The Hall–Kier alpha value is -2.86. The molecule has 0 aromatic heterocycles. The lowest BCUT2D eigenvalue weighted by molar-refractivity contribution is -0.142. The van der Waals surface area contributed by atoms with Crippen LogP contribution < -0.4 is 10.1 Å². The number of halogens is 1. The lowest BCUT2D eigenvalue weighted by Crippen LogP contribution is -2.50. The number of likely N-dealkylation sites (N-methyl/N-ethyl adjacent to an activating group) is 1. The van der Waals surface area contributed by atoms with Gasteiger partial charge < -0.3 is 15.0 Å². The van der Waals surface area contributed by atoms with E-state index in [0.717, 1.165) is 20.8 Å². The van der Waals surface area contributed by atoms with Crippen molar-refractivity contribution in [3.63, 3.8) is 0 Å². The molecule has 0 aliphatic heterocycles. The molecule has 3 rings (SSSR count). The highest BCUT2D eigenvalue weighted by atomic mass is 79.9. The average Bonchev–Trinajstić information content (AvgIpc) is 2.81. The molecule has 3 aromatic carbocycles. The zero-order chi connectivity index (χ0) is 22.2. The number of benzene rings is 3. The summed E-state index contributed by atoms with van der Waals surface area (Å²) in [6.45, 7) is 2.21. The van der Waals surface area contributed by atoms with E-state index in [-0.39, 0.29) is 18.4 Å². The van der Waals surface area contributed by atoms with Gasteiger partial charge in [0, 0.05) is 13.6 Å². The largest absolute Gasteiger partial charge is 0.483 e. The van der Waals surface area contributed by atoms with Crippen molar-refractivity contribution in [1.82, 2.24) is 10.2 Å². The Labute approximate surface area is 191 Å². The van der Waals surface area contributed by atoms with Crippen LogP contribution in [0, 0.1) is 0 Å². The van der Waals surface area contributed by atoms with Crippen molar-refractivity contribution in [3.05, 3.63) is 76.8 Å². The molecule has 0 radical (unpaired) electrons. The fourth-order valence-corrected chi connectivity index (χ4v) is 4.22. The van der Waals surface area contributed by atoms with Gasteiger partial charge in [0.05, 0.1) is 4.47 Å². The number of carbonyl (C=O) groups excluding carboxylic acids is 2. The van der Waals surface area contributed by atoms with Crippen molar-refractivity contribution in [2.24, 2.45) is 0 Å². The van der Waals surface area contributed by atoms with Gasteiger partial charge in [-0.15, -0.1) is 0 Å². The maximum Gasteiger partial charge on any atom is 0.261 e. The summed E-state index contributed by atoms with van der Waals surface area (Å²) >= 11 is 3.59. The van der Waals surface area contributed by atoms with Crippen molar-refractivity contribution in [2.45, 2.75) is 25.8 Å². The molecule has 31 heavy (non-hydrogen) atoms. The Balaban J connectivity index is 1.75. The van der Waals surface area contributed by atoms with Crippen LogP contribution in [0.15, 0.2) is 71.2 Å². The van der Waals surface area contributed by atoms with Crippen molar-refractivity contribution in [3.8, 4) is 5.75 Å². The molecule has 0 heterocycles. The van der Waals surface area contributed by atoms with E-state index in [4.69, 9.17) is 4.74 Å². The molecule has 0 bridgehead atoms. The summed E-state index contributed by atoms with van der Waals surface area (Å²) in [5.41, 5.74) is 1.12. The van der Waals surface area contributed by atoms with Gasteiger partial charge in [-0.2, -0.15) is 0 Å². The molecule has 2 amide bonds. The van der Waals surface area contributed by atoms with Crippen molar-refractivity contribution in [1.29, 1.82) is 0 Å². The van der Waals surface area contributed by atoms with Crippen LogP contribution in [0.5, 0.6) is 5.75 Å². The smallest absolute Gasteiger partial charge is 0.261 e. The lowest BCUT2D eigenvalue weighted by Gasteiger charge is -2.30. The number of carbonyl (C=O) groups is 2. The SMILES string of the molecule is CC[C@@H](C(=O)NC)N(CCc1ccccc1)C(=O)COc1ccc2ccccc2c1Br. The summed E-state index contributed by atoms with van der Waals surface area (Å²) in [6.07, 6.45) is 1.19. The van der Waals surface area contributed by atoms with E-state index in [1.165, 1.54) is 0 Å². The number of rotatable bonds is 9.